The molecular weight excluding hydrogens is 582 g/mol. The molecule has 46 heavy (non-hydrogen) atoms. The van der Waals surface area contributed by atoms with Gasteiger partial charge in [0.15, 0.2) is 0 Å². The second kappa shape index (κ2) is 15.5. The van der Waals surface area contributed by atoms with Crippen LogP contribution in [0.2, 0.25) is 0 Å². The van der Waals surface area contributed by atoms with Gasteiger partial charge in [0.1, 0.15) is 18.1 Å². The van der Waals surface area contributed by atoms with Gasteiger partial charge in [-0.3, -0.25) is 19.2 Å². The Labute approximate surface area is 271 Å². The van der Waals surface area contributed by atoms with Crippen LogP contribution in [0, 0.1) is 0 Å². The summed E-state index contributed by atoms with van der Waals surface area (Å²) in [5.74, 6) is -1.24. The number of nitrogens with zero attached hydrogens (tertiary/aromatic N) is 2. The molecular formula is C35H47N7O4. The number of hydrogen-bond donors (Lipinski definition) is 5. The molecule has 4 amide bonds. The first-order valence-electron chi connectivity index (χ1n) is 16.4. The van der Waals surface area contributed by atoms with E-state index in [0.717, 1.165) is 37.1 Å². The van der Waals surface area contributed by atoms with Crippen molar-refractivity contribution in [3.05, 3.63) is 82.9 Å². The van der Waals surface area contributed by atoms with Crippen molar-refractivity contribution in [3.8, 4) is 0 Å². The molecule has 3 aliphatic heterocycles. The van der Waals surface area contributed by atoms with Crippen LogP contribution in [-0.2, 0) is 32.0 Å². The number of amides is 4. The first-order valence-corrected chi connectivity index (χ1v) is 16.4. The molecule has 2 aromatic carbocycles. The van der Waals surface area contributed by atoms with E-state index in [0.29, 0.717) is 38.9 Å². The van der Waals surface area contributed by atoms with Gasteiger partial charge in [-0.1, -0.05) is 60.7 Å². The molecule has 0 radical (unpaired) electrons. The molecule has 7 N–H and O–H groups in total. The summed E-state index contributed by atoms with van der Waals surface area (Å²) < 4.78 is 0. The molecule has 0 spiro atoms. The zero-order valence-corrected chi connectivity index (χ0v) is 26.6. The molecule has 0 bridgehead atoms. The van der Waals surface area contributed by atoms with Crippen LogP contribution < -0.4 is 27.4 Å². The fraction of sp³-hybridized carbons (Fsp3) is 0.486. The van der Waals surface area contributed by atoms with Gasteiger partial charge < -0.3 is 37.2 Å². The number of benzene rings is 2. The highest BCUT2D eigenvalue weighted by Crippen LogP contribution is 2.28. The summed E-state index contributed by atoms with van der Waals surface area (Å²) in [6.45, 7) is 5.18. The molecule has 11 nitrogen and oxygen atoms in total. The topological polar surface area (TPSA) is 163 Å². The van der Waals surface area contributed by atoms with Gasteiger partial charge in [0, 0.05) is 38.6 Å². The van der Waals surface area contributed by atoms with Crippen LogP contribution >= 0.6 is 0 Å². The van der Waals surface area contributed by atoms with Crippen molar-refractivity contribution in [1.82, 2.24) is 25.8 Å². The summed E-state index contributed by atoms with van der Waals surface area (Å²) in [6, 6.07) is 15.4. The number of nitrogens with one attached hydrogen (secondary N) is 3. The summed E-state index contributed by atoms with van der Waals surface area (Å²) in [4.78, 5) is 58.4. The van der Waals surface area contributed by atoms with Gasteiger partial charge in [0.05, 0.1) is 6.04 Å². The van der Waals surface area contributed by atoms with E-state index in [4.69, 9.17) is 11.5 Å². The van der Waals surface area contributed by atoms with Crippen molar-refractivity contribution in [3.63, 3.8) is 0 Å². The number of carbonyl (C=O) groups excluding carboxylic acids is 4. The number of nitrogens with two attached hydrogens (primary N) is 2. The van der Waals surface area contributed by atoms with E-state index in [9.17, 15) is 19.2 Å². The molecule has 0 saturated carbocycles. The second-order valence-electron chi connectivity index (χ2n) is 12.7. The third kappa shape index (κ3) is 8.01. The SMILES string of the molecule is CC1CC(NC(=O)C(Cc2ccccc2)NC(=O)C(N)Cc2ccccc2)C(=O)N1C(CCCCN)C(=O)N1CC2=C(CNC2)C1. The number of rotatable bonds is 14. The average molecular weight is 630 g/mol. The van der Waals surface area contributed by atoms with Crippen LogP contribution in [0.5, 0.6) is 0 Å². The van der Waals surface area contributed by atoms with Gasteiger partial charge in [-0.2, -0.15) is 0 Å². The molecule has 1 fully saturated rings. The van der Waals surface area contributed by atoms with Gasteiger partial charge in [-0.25, -0.2) is 0 Å². The van der Waals surface area contributed by atoms with E-state index in [2.05, 4.69) is 16.0 Å². The predicted molar refractivity (Wildman–Crippen MR) is 176 cm³/mol. The van der Waals surface area contributed by atoms with E-state index in [1.54, 1.807) is 4.90 Å². The monoisotopic (exact) mass is 629 g/mol. The highest BCUT2D eigenvalue weighted by atomic mass is 16.2. The Morgan fingerprint density at radius 3 is 2.13 bits per heavy atom. The minimum atomic E-state index is -0.942. The predicted octanol–water partition coefficient (Wildman–Crippen LogP) is 0.629. The van der Waals surface area contributed by atoms with E-state index in [1.165, 1.54) is 11.1 Å². The fourth-order valence-electron chi connectivity index (χ4n) is 6.80. The van der Waals surface area contributed by atoms with Crippen LogP contribution in [0.1, 0.15) is 43.7 Å². The van der Waals surface area contributed by atoms with E-state index < -0.39 is 36.0 Å². The molecule has 0 aromatic heterocycles. The van der Waals surface area contributed by atoms with E-state index in [1.807, 2.05) is 72.5 Å². The Kier molecular flexibility index (Phi) is 11.2. The summed E-state index contributed by atoms with van der Waals surface area (Å²) >= 11 is 0. The minimum Gasteiger partial charge on any atom is -0.343 e. The number of likely N-dealkylation sites (tertiary alicyclic amines) is 1. The first kappa shape index (κ1) is 33.3. The van der Waals surface area contributed by atoms with Crippen molar-refractivity contribution >= 4 is 23.6 Å². The van der Waals surface area contributed by atoms with Crippen LogP contribution in [0.4, 0.5) is 0 Å². The minimum absolute atomic E-state index is 0.0554. The number of hydrogen-bond acceptors (Lipinski definition) is 7. The average Bonchev–Trinajstić information content (AvgIpc) is 3.74. The zero-order valence-electron chi connectivity index (χ0n) is 26.6. The molecule has 11 heteroatoms. The fourth-order valence-corrected chi connectivity index (χ4v) is 6.80. The van der Waals surface area contributed by atoms with E-state index >= 15 is 0 Å². The van der Waals surface area contributed by atoms with Crippen molar-refractivity contribution < 1.29 is 19.2 Å². The molecule has 3 heterocycles. The smallest absolute Gasteiger partial charge is 0.246 e. The third-order valence-electron chi connectivity index (χ3n) is 9.28. The van der Waals surface area contributed by atoms with Crippen LogP contribution in [-0.4, -0.2) is 96.4 Å². The molecule has 5 rings (SSSR count). The Balaban J connectivity index is 1.27. The zero-order chi connectivity index (χ0) is 32.6. The third-order valence-corrected chi connectivity index (χ3v) is 9.28. The van der Waals surface area contributed by atoms with Gasteiger partial charge in [-0.15, -0.1) is 0 Å². The van der Waals surface area contributed by atoms with Gasteiger partial charge in [0.25, 0.3) is 0 Å². The largest absolute Gasteiger partial charge is 0.343 e. The second-order valence-corrected chi connectivity index (χ2v) is 12.7. The van der Waals surface area contributed by atoms with Gasteiger partial charge in [-0.05, 0) is 67.8 Å². The molecule has 0 aliphatic carbocycles. The highest BCUT2D eigenvalue weighted by molar-refractivity contribution is 5.96. The quantitative estimate of drug-likeness (QED) is 0.151. The maximum atomic E-state index is 13.9. The lowest BCUT2D eigenvalue weighted by atomic mass is 10.0. The lowest BCUT2D eigenvalue weighted by Gasteiger charge is -2.34. The molecule has 2 aromatic rings. The van der Waals surface area contributed by atoms with E-state index in [-0.39, 0.29) is 24.3 Å². The molecule has 246 valence electrons. The summed E-state index contributed by atoms with van der Waals surface area (Å²) in [5.41, 5.74) is 16.3. The van der Waals surface area contributed by atoms with Gasteiger partial charge >= 0.3 is 0 Å². The maximum absolute atomic E-state index is 13.9. The molecule has 3 aliphatic rings. The molecule has 5 unspecified atom stereocenters. The lowest BCUT2D eigenvalue weighted by Crippen LogP contribution is -2.56. The van der Waals surface area contributed by atoms with Crippen molar-refractivity contribution in [2.75, 3.05) is 32.7 Å². The van der Waals surface area contributed by atoms with Crippen LogP contribution in [0.15, 0.2) is 71.8 Å². The van der Waals surface area contributed by atoms with Gasteiger partial charge in [0.2, 0.25) is 23.6 Å². The van der Waals surface area contributed by atoms with Crippen molar-refractivity contribution in [1.29, 1.82) is 0 Å². The first-order chi connectivity index (χ1) is 22.2. The standard InChI is InChI=1S/C35H47N7O4/c1-23-16-30(34(45)42(23)31(14-8-9-15-36)35(46)41-21-26-19-38-20-27(26)22-41)40-33(44)29(18-25-12-6-3-7-13-25)39-32(43)28(37)17-24-10-4-2-5-11-24/h2-7,10-13,23,28-31,38H,8-9,14-22,36-37H2,1H3,(H,39,43)(H,40,44). The Bertz CT molecular complexity index is 1400. The van der Waals surface area contributed by atoms with Crippen LogP contribution in [0.3, 0.4) is 0 Å². The molecule has 1 saturated heterocycles. The number of carbonyl (C=O) groups is 4. The Morgan fingerprint density at radius 1 is 0.913 bits per heavy atom. The summed E-state index contributed by atoms with van der Waals surface area (Å²) in [6.07, 6.45) is 2.91. The molecule has 5 atom stereocenters. The van der Waals surface area contributed by atoms with Crippen LogP contribution in [0.25, 0.3) is 0 Å². The number of unbranched alkanes of at least 4 members (excludes halogenated alkanes) is 1. The Morgan fingerprint density at radius 2 is 1.52 bits per heavy atom. The normalized spacial score (nSPS) is 21.2. The lowest BCUT2D eigenvalue weighted by molar-refractivity contribution is -0.145. The summed E-state index contributed by atoms with van der Waals surface area (Å²) in [7, 11) is 0. The van der Waals surface area contributed by atoms with Crippen molar-refractivity contribution in [2.45, 2.75) is 75.7 Å². The maximum Gasteiger partial charge on any atom is 0.246 e. The van der Waals surface area contributed by atoms with Crippen molar-refractivity contribution in [2.24, 2.45) is 11.5 Å². The Hall–Kier alpha value is -4.06. The summed E-state index contributed by atoms with van der Waals surface area (Å²) in [5, 5.41) is 9.10. The highest BCUT2D eigenvalue weighted by Gasteiger charge is 2.46.